The van der Waals surface area contributed by atoms with Crippen molar-refractivity contribution in [2.75, 3.05) is 13.1 Å². The molecule has 0 heterocycles. The van der Waals surface area contributed by atoms with Gasteiger partial charge in [-0.25, -0.2) is 4.79 Å². The van der Waals surface area contributed by atoms with Crippen molar-refractivity contribution >= 4 is 12.0 Å². The highest BCUT2D eigenvalue weighted by atomic mass is 16.4. The highest BCUT2D eigenvalue weighted by Gasteiger charge is 2.32. The lowest BCUT2D eigenvalue weighted by Crippen LogP contribution is -2.44. The first-order valence-corrected chi connectivity index (χ1v) is 6.35. The van der Waals surface area contributed by atoms with E-state index in [1.54, 1.807) is 11.0 Å². The summed E-state index contributed by atoms with van der Waals surface area (Å²) in [5.41, 5.74) is 0. The van der Waals surface area contributed by atoms with Crippen molar-refractivity contribution < 1.29 is 14.7 Å². The molecular formula is C13H22N2O3. The summed E-state index contributed by atoms with van der Waals surface area (Å²) in [4.78, 5) is 24.7. The maximum Gasteiger partial charge on any atom is 0.317 e. The maximum absolute atomic E-state index is 11.9. The molecule has 0 spiro atoms. The van der Waals surface area contributed by atoms with Gasteiger partial charge in [-0.3, -0.25) is 4.79 Å². The van der Waals surface area contributed by atoms with E-state index in [0.29, 0.717) is 12.6 Å². The number of aliphatic carboxylic acids is 1. The Bertz CT molecular complexity index is 324. The predicted molar refractivity (Wildman–Crippen MR) is 69.3 cm³/mol. The second-order valence-corrected chi connectivity index (χ2v) is 5.05. The van der Waals surface area contributed by atoms with Gasteiger partial charge < -0.3 is 15.3 Å². The predicted octanol–water partition coefficient (Wildman–Crippen LogP) is 1.70. The van der Waals surface area contributed by atoms with E-state index < -0.39 is 11.9 Å². The summed E-state index contributed by atoms with van der Waals surface area (Å²) in [6.07, 6.45) is 3.73. The third-order valence-corrected chi connectivity index (χ3v) is 3.17. The van der Waals surface area contributed by atoms with Crippen LogP contribution in [0.3, 0.4) is 0 Å². The molecule has 1 atom stereocenters. The lowest BCUT2D eigenvalue weighted by molar-refractivity contribution is -0.142. The fourth-order valence-corrected chi connectivity index (χ4v) is 1.83. The zero-order valence-corrected chi connectivity index (χ0v) is 11.1. The van der Waals surface area contributed by atoms with Crippen LogP contribution in [0.25, 0.3) is 0 Å². The molecule has 1 rings (SSSR count). The normalized spacial score (nSPS) is 16.2. The molecule has 1 unspecified atom stereocenters. The third-order valence-electron chi connectivity index (χ3n) is 3.17. The molecule has 2 N–H and O–H groups in total. The zero-order chi connectivity index (χ0) is 13.7. The number of rotatable bonds is 7. The number of urea groups is 1. The summed E-state index contributed by atoms with van der Waals surface area (Å²) in [6, 6.07) is 0.106. The van der Waals surface area contributed by atoms with E-state index in [0.717, 1.165) is 12.8 Å². The van der Waals surface area contributed by atoms with Crippen molar-refractivity contribution in [1.82, 2.24) is 10.2 Å². The monoisotopic (exact) mass is 254 g/mol. The molecule has 5 heteroatoms. The number of amides is 2. The minimum Gasteiger partial charge on any atom is -0.481 e. The molecule has 0 aromatic rings. The molecule has 1 aliphatic rings. The second-order valence-electron chi connectivity index (χ2n) is 5.05. The van der Waals surface area contributed by atoms with Crippen LogP contribution in [-0.4, -0.2) is 41.1 Å². The van der Waals surface area contributed by atoms with E-state index >= 15 is 0 Å². The van der Waals surface area contributed by atoms with Crippen molar-refractivity contribution in [1.29, 1.82) is 0 Å². The molecule has 1 aliphatic carbocycles. The van der Waals surface area contributed by atoms with Crippen LogP contribution < -0.4 is 5.32 Å². The molecule has 0 bridgehead atoms. The highest BCUT2D eigenvalue weighted by molar-refractivity contribution is 5.76. The Morgan fingerprint density at radius 2 is 2.11 bits per heavy atom. The van der Waals surface area contributed by atoms with Gasteiger partial charge >= 0.3 is 12.0 Å². The smallest absolute Gasteiger partial charge is 0.317 e. The minimum absolute atomic E-state index is 0.00317. The first-order valence-electron chi connectivity index (χ1n) is 6.35. The summed E-state index contributed by atoms with van der Waals surface area (Å²) in [5, 5.41) is 11.7. The van der Waals surface area contributed by atoms with Gasteiger partial charge in [0.15, 0.2) is 0 Å². The Morgan fingerprint density at radius 3 is 2.50 bits per heavy atom. The number of carbonyl (C=O) groups excluding carboxylic acids is 1. The Hall–Kier alpha value is -1.52. The fourth-order valence-electron chi connectivity index (χ4n) is 1.83. The summed E-state index contributed by atoms with van der Waals surface area (Å²) in [7, 11) is 0. The number of hydrogen-bond donors (Lipinski definition) is 2. The van der Waals surface area contributed by atoms with Crippen LogP contribution in [0.2, 0.25) is 0 Å². The van der Waals surface area contributed by atoms with Gasteiger partial charge in [0, 0.05) is 19.1 Å². The average molecular weight is 254 g/mol. The standard InChI is InChI=1S/C13H22N2O3/c1-4-7-15(10-5-6-10)13(18)14-8-11(9(2)3)12(16)17/h4,9-11H,1,5-8H2,2-3H3,(H,14,18)(H,16,17). The van der Waals surface area contributed by atoms with Gasteiger partial charge in [-0.05, 0) is 18.8 Å². The number of carbonyl (C=O) groups is 2. The van der Waals surface area contributed by atoms with Crippen molar-refractivity contribution in [3.63, 3.8) is 0 Å². The van der Waals surface area contributed by atoms with Gasteiger partial charge in [0.25, 0.3) is 0 Å². The first-order chi connectivity index (χ1) is 8.47. The number of nitrogens with one attached hydrogen (secondary N) is 1. The summed E-state index contributed by atoms with van der Waals surface area (Å²) >= 11 is 0. The Kier molecular flexibility index (Phi) is 5.19. The van der Waals surface area contributed by atoms with Gasteiger partial charge in [-0.2, -0.15) is 0 Å². The average Bonchev–Trinajstić information content (AvgIpc) is 3.08. The third kappa shape index (κ3) is 4.05. The lowest BCUT2D eigenvalue weighted by atomic mass is 9.96. The molecule has 1 saturated carbocycles. The largest absolute Gasteiger partial charge is 0.481 e. The molecule has 18 heavy (non-hydrogen) atoms. The summed E-state index contributed by atoms with van der Waals surface area (Å²) in [5.74, 6) is -1.41. The fraction of sp³-hybridized carbons (Fsp3) is 0.692. The molecule has 1 fully saturated rings. The van der Waals surface area contributed by atoms with Gasteiger partial charge in [-0.15, -0.1) is 6.58 Å². The molecule has 0 radical (unpaired) electrons. The maximum atomic E-state index is 11.9. The molecule has 102 valence electrons. The Balaban J connectivity index is 2.47. The SMILES string of the molecule is C=CCN(C(=O)NCC(C(=O)O)C(C)C)C1CC1. The Morgan fingerprint density at radius 1 is 1.50 bits per heavy atom. The summed E-state index contributed by atoms with van der Waals surface area (Å²) in [6.45, 7) is 7.99. The molecule has 0 aromatic carbocycles. The molecule has 2 amide bonds. The van der Waals surface area contributed by atoms with Crippen LogP contribution in [-0.2, 0) is 4.79 Å². The number of carboxylic acid groups (broad SMARTS) is 1. The van der Waals surface area contributed by atoms with E-state index in [1.807, 2.05) is 13.8 Å². The van der Waals surface area contributed by atoms with Gasteiger partial charge in [0.1, 0.15) is 0 Å². The minimum atomic E-state index is -0.869. The van der Waals surface area contributed by atoms with E-state index in [-0.39, 0.29) is 18.5 Å². The number of carboxylic acids is 1. The van der Waals surface area contributed by atoms with E-state index in [1.165, 1.54) is 0 Å². The van der Waals surface area contributed by atoms with E-state index in [4.69, 9.17) is 5.11 Å². The van der Waals surface area contributed by atoms with Crippen molar-refractivity contribution in [3.8, 4) is 0 Å². The summed E-state index contributed by atoms with van der Waals surface area (Å²) < 4.78 is 0. The zero-order valence-electron chi connectivity index (χ0n) is 11.1. The molecule has 5 nitrogen and oxygen atoms in total. The van der Waals surface area contributed by atoms with Crippen molar-refractivity contribution in [2.45, 2.75) is 32.7 Å². The van der Waals surface area contributed by atoms with Crippen LogP contribution in [0.15, 0.2) is 12.7 Å². The molecule has 0 aromatic heterocycles. The molecule has 0 aliphatic heterocycles. The van der Waals surface area contributed by atoms with Gasteiger partial charge in [0.05, 0.1) is 5.92 Å². The van der Waals surface area contributed by atoms with Crippen LogP contribution in [0.1, 0.15) is 26.7 Å². The van der Waals surface area contributed by atoms with E-state index in [9.17, 15) is 9.59 Å². The van der Waals surface area contributed by atoms with Crippen LogP contribution >= 0.6 is 0 Å². The van der Waals surface area contributed by atoms with Crippen molar-refractivity contribution in [2.24, 2.45) is 11.8 Å². The van der Waals surface area contributed by atoms with Crippen LogP contribution in [0.4, 0.5) is 4.79 Å². The number of nitrogens with zero attached hydrogens (tertiary/aromatic N) is 1. The Labute approximate surface area is 108 Å². The first kappa shape index (κ1) is 14.5. The molecule has 0 saturated heterocycles. The topological polar surface area (TPSA) is 69.6 Å². The number of hydrogen-bond acceptors (Lipinski definition) is 2. The van der Waals surface area contributed by atoms with Crippen LogP contribution in [0.5, 0.6) is 0 Å². The highest BCUT2D eigenvalue weighted by Crippen LogP contribution is 2.26. The molecular weight excluding hydrogens is 232 g/mol. The van der Waals surface area contributed by atoms with Gasteiger partial charge in [0.2, 0.25) is 0 Å². The lowest BCUT2D eigenvalue weighted by Gasteiger charge is -2.23. The van der Waals surface area contributed by atoms with Gasteiger partial charge in [-0.1, -0.05) is 19.9 Å². The second kappa shape index (κ2) is 6.42. The van der Waals surface area contributed by atoms with Crippen LogP contribution in [0, 0.1) is 11.8 Å². The van der Waals surface area contributed by atoms with E-state index in [2.05, 4.69) is 11.9 Å². The van der Waals surface area contributed by atoms with Crippen molar-refractivity contribution in [3.05, 3.63) is 12.7 Å². The quantitative estimate of drug-likeness (QED) is 0.679.